The van der Waals surface area contributed by atoms with Crippen molar-refractivity contribution in [2.75, 3.05) is 19.6 Å². The van der Waals surface area contributed by atoms with Crippen LogP contribution in [0.5, 0.6) is 0 Å². The molecular formula is C10H17F3N2. The van der Waals surface area contributed by atoms with Crippen LogP contribution in [0.15, 0.2) is 0 Å². The van der Waals surface area contributed by atoms with Crippen molar-refractivity contribution in [2.24, 2.45) is 0 Å². The predicted molar refractivity (Wildman–Crippen MR) is 51.7 cm³/mol. The highest BCUT2D eigenvalue weighted by atomic mass is 19.4. The molecule has 2 aliphatic rings. The number of nitrogens with one attached hydrogen (secondary N) is 1. The van der Waals surface area contributed by atoms with Crippen LogP contribution in [0.2, 0.25) is 0 Å². The van der Waals surface area contributed by atoms with Gasteiger partial charge in [0.25, 0.3) is 0 Å². The van der Waals surface area contributed by atoms with Crippen LogP contribution >= 0.6 is 0 Å². The van der Waals surface area contributed by atoms with Gasteiger partial charge in [-0.3, -0.25) is 4.90 Å². The van der Waals surface area contributed by atoms with E-state index in [1.807, 2.05) is 0 Å². The highest BCUT2D eigenvalue weighted by Gasteiger charge is 2.33. The Balaban J connectivity index is 1.67. The molecule has 0 amide bonds. The van der Waals surface area contributed by atoms with Gasteiger partial charge in [0.15, 0.2) is 0 Å². The lowest BCUT2D eigenvalue weighted by Crippen LogP contribution is -2.46. The molecule has 88 valence electrons. The smallest absolute Gasteiger partial charge is 0.311 e. The molecule has 0 aromatic rings. The number of piperidine rings is 1. The van der Waals surface area contributed by atoms with Crippen molar-refractivity contribution < 1.29 is 13.2 Å². The lowest BCUT2D eigenvalue weighted by Gasteiger charge is -2.32. The molecule has 0 bridgehead atoms. The third kappa shape index (κ3) is 3.99. The van der Waals surface area contributed by atoms with E-state index in [0.29, 0.717) is 25.2 Å². The SMILES string of the molecule is FC(F)(F)CN1CCC(NC2CC2)CC1. The summed E-state index contributed by atoms with van der Waals surface area (Å²) in [6.45, 7) is 0.400. The van der Waals surface area contributed by atoms with Crippen LogP contribution in [-0.2, 0) is 0 Å². The van der Waals surface area contributed by atoms with E-state index >= 15 is 0 Å². The molecule has 1 aliphatic carbocycles. The lowest BCUT2D eigenvalue weighted by molar-refractivity contribution is -0.148. The first-order valence-corrected chi connectivity index (χ1v) is 5.58. The van der Waals surface area contributed by atoms with Gasteiger partial charge in [-0.15, -0.1) is 0 Å². The monoisotopic (exact) mass is 222 g/mol. The molecule has 2 nitrogen and oxygen atoms in total. The van der Waals surface area contributed by atoms with Gasteiger partial charge in [-0.25, -0.2) is 0 Å². The van der Waals surface area contributed by atoms with Crippen LogP contribution in [0.25, 0.3) is 0 Å². The zero-order valence-corrected chi connectivity index (χ0v) is 8.69. The van der Waals surface area contributed by atoms with Crippen LogP contribution in [0.3, 0.4) is 0 Å². The average molecular weight is 222 g/mol. The minimum atomic E-state index is -4.04. The Labute approximate surface area is 87.8 Å². The standard InChI is InChI=1S/C10H17F3N2/c11-10(12,13)7-15-5-3-9(4-6-15)14-8-1-2-8/h8-9,14H,1-7H2. The molecule has 1 heterocycles. The Bertz CT molecular complexity index is 205. The van der Waals surface area contributed by atoms with Gasteiger partial charge >= 0.3 is 6.18 Å². The van der Waals surface area contributed by atoms with Gasteiger partial charge in [0.2, 0.25) is 0 Å². The van der Waals surface area contributed by atoms with E-state index in [9.17, 15) is 13.2 Å². The summed E-state index contributed by atoms with van der Waals surface area (Å²) >= 11 is 0. The molecule has 2 fully saturated rings. The molecule has 1 aliphatic heterocycles. The summed E-state index contributed by atoms with van der Waals surface area (Å²) in [5.74, 6) is 0. The van der Waals surface area contributed by atoms with Crippen LogP contribution in [0.1, 0.15) is 25.7 Å². The molecule has 1 N–H and O–H groups in total. The Morgan fingerprint density at radius 2 is 1.53 bits per heavy atom. The quantitative estimate of drug-likeness (QED) is 0.782. The molecule has 0 aromatic carbocycles. The number of alkyl halides is 3. The van der Waals surface area contributed by atoms with E-state index in [1.54, 1.807) is 0 Å². The maximum Gasteiger partial charge on any atom is 0.401 e. The molecule has 1 saturated heterocycles. The summed E-state index contributed by atoms with van der Waals surface area (Å²) in [5, 5.41) is 3.47. The van der Waals surface area contributed by atoms with Crippen molar-refractivity contribution in [1.29, 1.82) is 0 Å². The fourth-order valence-corrected chi connectivity index (χ4v) is 2.09. The van der Waals surface area contributed by atoms with Crippen molar-refractivity contribution in [1.82, 2.24) is 10.2 Å². The maximum absolute atomic E-state index is 12.1. The lowest BCUT2D eigenvalue weighted by atomic mass is 10.1. The first kappa shape index (κ1) is 11.2. The van der Waals surface area contributed by atoms with Crippen LogP contribution in [-0.4, -0.2) is 42.8 Å². The zero-order chi connectivity index (χ0) is 10.9. The highest BCUT2D eigenvalue weighted by Crippen LogP contribution is 2.23. The second-order valence-corrected chi connectivity index (χ2v) is 4.61. The Morgan fingerprint density at radius 1 is 1.00 bits per heavy atom. The predicted octanol–water partition coefficient (Wildman–Crippen LogP) is 1.77. The third-order valence-corrected chi connectivity index (χ3v) is 3.04. The fourth-order valence-electron chi connectivity index (χ4n) is 2.09. The molecule has 0 unspecified atom stereocenters. The van der Waals surface area contributed by atoms with Gasteiger partial charge in [0, 0.05) is 12.1 Å². The number of likely N-dealkylation sites (tertiary alicyclic amines) is 1. The van der Waals surface area contributed by atoms with Gasteiger partial charge in [-0.05, 0) is 38.8 Å². The van der Waals surface area contributed by atoms with E-state index < -0.39 is 12.7 Å². The fraction of sp³-hybridized carbons (Fsp3) is 1.00. The zero-order valence-electron chi connectivity index (χ0n) is 8.69. The van der Waals surface area contributed by atoms with Gasteiger partial charge in [0.1, 0.15) is 0 Å². The van der Waals surface area contributed by atoms with Crippen molar-refractivity contribution in [3.05, 3.63) is 0 Å². The first-order chi connectivity index (χ1) is 7.03. The van der Waals surface area contributed by atoms with Gasteiger partial charge in [0.05, 0.1) is 6.54 Å². The topological polar surface area (TPSA) is 15.3 Å². The molecule has 15 heavy (non-hydrogen) atoms. The summed E-state index contributed by atoms with van der Waals surface area (Å²) in [6.07, 6.45) is 0.140. The van der Waals surface area contributed by atoms with Crippen LogP contribution in [0, 0.1) is 0 Å². The van der Waals surface area contributed by atoms with Gasteiger partial charge < -0.3 is 5.32 Å². The molecule has 1 saturated carbocycles. The second-order valence-electron chi connectivity index (χ2n) is 4.61. The molecule has 2 rings (SSSR count). The average Bonchev–Trinajstić information content (AvgIpc) is 2.90. The summed E-state index contributed by atoms with van der Waals surface area (Å²) in [7, 11) is 0. The van der Waals surface area contributed by atoms with Crippen molar-refractivity contribution in [2.45, 2.75) is 43.9 Å². The maximum atomic E-state index is 12.1. The second kappa shape index (κ2) is 4.29. The molecule has 0 radical (unpaired) electrons. The number of hydrogen-bond donors (Lipinski definition) is 1. The Morgan fingerprint density at radius 3 is 2.00 bits per heavy atom. The Hall–Kier alpha value is -0.290. The molecule has 5 heteroatoms. The Kier molecular flexibility index (Phi) is 3.21. The van der Waals surface area contributed by atoms with E-state index in [2.05, 4.69) is 5.32 Å². The van der Waals surface area contributed by atoms with E-state index in [0.717, 1.165) is 12.8 Å². The molecule has 0 atom stereocenters. The molecular weight excluding hydrogens is 205 g/mol. The number of rotatable bonds is 3. The molecule has 0 spiro atoms. The minimum Gasteiger partial charge on any atom is -0.311 e. The van der Waals surface area contributed by atoms with Crippen LogP contribution < -0.4 is 5.32 Å². The van der Waals surface area contributed by atoms with Crippen molar-refractivity contribution in [3.8, 4) is 0 Å². The van der Waals surface area contributed by atoms with Crippen molar-refractivity contribution >= 4 is 0 Å². The largest absolute Gasteiger partial charge is 0.401 e. The minimum absolute atomic E-state index is 0.446. The normalized spacial score (nSPS) is 25.8. The first-order valence-electron chi connectivity index (χ1n) is 5.58. The van der Waals surface area contributed by atoms with E-state index in [-0.39, 0.29) is 0 Å². The number of halogens is 3. The highest BCUT2D eigenvalue weighted by molar-refractivity contribution is 4.87. The van der Waals surface area contributed by atoms with Crippen molar-refractivity contribution in [3.63, 3.8) is 0 Å². The van der Waals surface area contributed by atoms with E-state index in [4.69, 9.17) is 0 Å². The number of nitrogens with zero attached hydrogens (tertiary/aromatic N) is 1. The third-order valence-electron chi connectivity index (χ3n) is 3.04. The summed E-state index contributed by atoms with van der Waals surface area (Å²) in [4.78, 5) is 1.51. The van der Waals surface area contributed by atoms with Crippen LogP contribution in [0.4, 0.5) is 13.2 Å². The summed E-state index contributed by atoms with van der Waals surface area (Å²) < 4.78 is 36.3. The summed E-state index contributed by atoms with van der Waals surface area (Å²) in [5.41, 5.74) is 0. The van der Waals surface area contributed by atoms with E-state index in [1.165, 1.54) is 17.7 Å². The molecule has 0 aromatic heterocycles. The number of hydrogen-bond acceptors (Lipinski definition) is 2. The van der Waals surface area contributed by atoms with Gasteiger partial charge in [-0.2, -0.15) is 13.2 Å². The van der Waals surface area contributed by atoms with Gasteiger partial charge in [-0.1, -0.05) is 0 Å². The summed E-state index contributed by atoms with van der Waals surface area (Å²) in [6, 6.07) is 1.10.